The Morgan fingerprint density at radius 1 is 1.44 bits per heavy atom. The lowest BCUT2D eigenvalue weighted by Crippen LogP contribution is -2.05. The van der Waals surface area contributed by atoms with Gasteiger partial charge in [-0.2, -0.15) is 0 Å². The van der Waals surface area contributed by atoms with Crippen molar-refractivity contribution in [2.45, 2.75) is 13.5 Å². The number of methoxy groups -OCH3 is 1. The van der Waals surface area contributed by atoms with Crippen molar-refractivity contribution >= 4 is 0 Å². The first-order valence-electron chi connectivity index (χ1n) is 5.64. The molecule has 96 valence electrons. The van der Waals surface area contributed by atoms with Crippen LogP contribution in [-0.2, 0) is 13.6 Å². The predicted molar refractivity (Wildman–Crippen MR) is 67.8 cm³/mol. The Labute approximate surface area is 105 Å². The highest BCUT2D eigenvalue weighted by atomic mass is 19.1. The van der Waals surface area contributed by atoms with E-state index in [1.165, 1.54) is 12.1 Å². The van der Waals surface area contributed by atoms with E-state index in [1.807, 2.05) is 18.5 Å². The normalized spacial score (nSPS) is 10.7. The Balaban J connectivity index is 2.68. The molecule has 0 saturated carbocycles. The van der Waals surface area contributed by atoms with E-state index in [0.29, 0.717) is 23.6 Å². The van der Waals surface area contributed by atoms with E-state index in [9.17, 15) is 4.39 Å². The zero-order valence-corrected chi connectivity index (χ0v) is 10.7. The highest BCUT2D eigenvalue weighted by molar-refractivity contribution is 5.69. The van der Waals surface area contributed by atoms with Crippen molar-refractivity contribution in [1.82, 2.24) is 9.55 Å². The molecule has 0 aliphatic carbocycles. The summed E-state index contributed by atoms with van der Waals surface area (Å²) in [5.74, 6) is 1.10. The Bertz CT molecular complexity index is 578. The summed E-state index contributed by atoms with van der Waals surface area (Å²) < 4.78 is 20.5. The van der Waals surface area contributed by atoms with Crippen molar-refractivity contribution in [2.24, 2.45) is 12.8 Å². The van der Waals surface area contributed by atoms with Gasteiger partial charge in [-0.1, -0.05) is 0 Å². The fourth-order valence-corrected chi connectivity index (χ4v) is 1.97. The number of hydrogen-bond donors (Lipinski definition) is 1. The van der Waals surface area contributed by atoms with E-state index < -0.39 is 0 Å². The summed E-state index contributed by atoms with van der Waals surface area (Å²) in [6.45, 7) is 2.22. The minimum absolute atomic E-state index is 0.322. The van der Waals surface area contributed by atoms with Crippen LogP contribution in [-0.4, -0.2) is 16.7 Å². The largest absolute Gasteiger partial charge is 0.496 e. The van der Waals surface area contributed by atoms with Crippen LogP contribution < -0.4 is 10.5 Å². The lowest BCUT2D eigenvalue weighted by molar-refractivity contribution is 0.415. The number of rotatable bonds is 3. The molecule has 0 spiro atoms. The monoisotopic (exact) mass is 249 g/mol. The van der Waals surface area contributed by atoms with Gasteiger partial charge in [-0.25, -0.2) is 9.37 Å². The molecular weight excluding hydrogens is 233 g/mol. The minimum Gasteiger partial charge on any atom is -0.496 e. The van der Waals surface area contributed by atoms with Crippen LogP contribution in [0.15, 0.2) is 18.2 Å². The predicted octanol–water partition coefficient (Wildman–Crippen LogP) is 2.00. The quantitative estimate of drug-likeness (QED) is 0.905. The van der Waals surface area contributed by atoms with Crippen LogP contribution in [0.3, 0.4) is 0 Å². The fourth-order valence-electron chi connectivity index (χ4n) is 1.97. The fraction of sp³-hybridized carbons (Fsp3) is 0.308. The van der Waals surface area contributed by atoms with Crippen molar-refractivity contribution in [1.29, 1.82) is 0 Å². The van der Waals surface area contributed by atoms with Crippen molar-refractivity contribution in [3.63, 3.8) is 0 Å². The molecule has 0 fully saturated rings. The van der Waals surface area contributed by atoms with Gasteiger partial charge in [0.1, 0.15) is 17.4 Å². The van der Waals surface area contributed by atoms with Gasteiger partial charge >= 0.3 is 0 Å². The number of halogens is 1. The maximum atomic E-state index is 13.4. The lowest BCUT2D eigenvalue weighted by atomic mass is 10.1. The summed E-state index contributed by atoms with van der Waals surface area (Å²) in [7, 11) is 3.44. The van der Waals surface area contributed by atoms with Crippen molar-refractivity contribution in [3.8, 4) is 17.0 Å². The average Bonchev–Trinajstić information content (AvgIpc) is 2.65. The van der Waals surface area contributed by atoms with Crippen LogP contribution in [0.5, 0.6) is 5.75 Å². The van der Waals surface area contributed by atoms with E-state index >= 15 is 0 Å². The van der Waals surface area contributed by atoms with Gasteiger partial charge in [0.2, 0.25) is 0 Å². The van der Waals surface area contributed by atoms with Gasteiger partial charge in [0.25, 0.3) is 0 Å². The zero-order chi connectivity index (χ0) is 13.3. The molecule has 1 aromatic heterocycles. The van der Waals surface area contributed by atoms with Crippen LogP contribution in [0, 0.1) is 12.7 Å². The maximum absolute atomic E-state index is 13.4. The molecule has 0 atom stereocenters. The Kier molecular flexibility index (Phi) is 3.34. The molecule has 2 rings (SSSR count). The third-order valence-electron chi connectivity index (χ3n) is 3.05. The summed E-state index contributed by atoms with van der Waals surface area (Å²) in [5, 5.41) is 0. The molecule has 1 aromatic carbocycles. The highest BCUT2D eigenvalue weighted by Crippen LogP contribution is 2.32. The van der Waals surface area contributed by atoms with Gasteiger partial charge in [0.15, 0.2) is 0 Å². The number of aryl methyl sites for hydroxylation is 1. The van der Waals surface area contributed by atoms with Gasteiger partial charge in [-0.05, 0) is 25.1 Å². The molecule has 0 unspecified atom stereocenters. The molecule has 0 amide bonds. The molecule has 0 radical (unpaired) electrons. The van der Waals surface area contributed by atoms with E-state index in [2.05, 4.69) is 4.98 Å². The molecule has 1 heterocycles. The van der Waals surface area contributed by atoms with Crippen LogP contribution in [0.2, 0.25) is 0 Å². The van der Waals surface area contributed by atoms with E-state index in [4.69, 9.17) is 10.5 Å². The first-order chi connectivity index (χ1) is 8.58. The topological polar surface area (TPSA) is 53.1 Å². The number of hydrogen-bond acceptors (Lipinski definition) is 3. The molecule has 0 saturated heterocycles. The van der Waals surface area contributed by atoms with Crippen LogP contribution >= 0.6 is 0 Å². The number of aromatic nitrogens is 2. The number of benzene rings is 1. The van der Waals surface area contributed by atoms with Crippen molar-refractivity contribution < 1.29 is 9.13 Å². The molecule has 2 N–H and O–H groups in total. The smallest absolute Gasteiger partial charge is 0.128 e. The Hall–Kier alpha value is -1.88. The van der Waals surface area contributed by atoms with Gasteiger partial charge in [0, 0.05) is 19.2 Å². The molecule has 0 aliphatic heterocycles. The third-order valence-corrected chi connectivity index (χ3v) is 3.05. The van der Waals surface area contributed by atoms with Gasteiger partial charge < -0.3 is 15.0 Å². The summed E-state index contributed by atoms with van der Waals surface area (Å²) in [5.41, 5.74) is 7.90. The van der Waals surface area contributed by atoms with Gasteiger partial charge in [-0.15, -0.1) is 0 Å². The van der Waals surface area contributed by atoms with Gasteiger partial charge in [-0.3, -0.25) is 0 Å². The Morgan fingerprint density at radius 3 is 2.78 bits per heavy atom. The van der Waals surface area contributed by atoms with Gasteiger partial charge in [0.05, 0.1) is 18.5 Å². The SMILES string of the molecule is COc1ccc(F)cc1-c1nc(C)n(C)c1CN. The van der Waals surface area contributed by atoms with Crippen LogP contribution in [0.1, 0.15) is 11.5 Å². The second-order valence-corrected chi connectivity index (χ2v) is 4.06. The average molecular weight is 249 g/mol. The molecule has 5 heteroatoms. The maximum Gasteiger partial charge on any atom is 0.128 e. The molecule has 0 aliphatic rings. The summed E-state index contributed by atoms with van der Waals surface area (Å²) in [6, 6.07) is 4.37. The van der Waals surface area contributed by atoms with Crippen LogP contribution in [0.25, 0.3) is 11.3 Å². The molecule has 0 bridgehead atoms. The number of ether oxygens (including phenoxy) is 1. The standard InChI is InChI=1S/C13H16FN3O/c1-8-16-13(11(7-15)17(8)2)10-6-9(14)4-5-12(10)18-3/h4-6H,7,15H2,1-3H3. The highest BCUT2D eigenvalue weighted by Gasteiger charge is 2.17. The number of nitrogens with two attached hydrogens (primary N) is 1. The first kappa shape index (κ1) is 12.6. The molecule has 18 heavy (non-hydrogen) atoms. The van der Waals surface area contributed by atoms with E-state index in [-0.39, 0.29) is 5.82 Å². The molecule has 4 nitrogen and oxygen atoms in total. The summed E-state index contributed by atoms with van der Waals surface area (Å²) >= 11 is 0. The first-order valence-corrected chi connectivity index (χ1v) is 5.64. The second kappa shape index (κ2) is 4.78. The molecular formula is C13H16FN3O. The van der Waals surface area contributed by atoms with Crippen molar-refractivity contribution in [2.75, 3.05) is 7.11 Å². The van der Waals surface area contributed by atoms with E-state index in [1.54, 1.807) is 13.2 Å². The second-order valence-electron chi connectivity index (χ2n) is 4.06. The van der Waals surface area contributed by atoms with Crippen molar-refractivity contribution in [3.05, 3.63) is 35.5 Å². The summed E-state index contributed by atoms with van der Waals surface area (Å²) in [6.07, 6.45) is 0. The van der Waals surface area contributed by atoms with E-state index in [0.717, 1.165) is 11.5 Å². The number of nitrogens with zero attached hydrogens (tertiary/aromatic N) is 2. The number of imidazole rings is 1. The summed E-state index contributed by atoms with van der Waals surface area (Å²) in [4.78, 5) is 4.44. The lowest BCUT2D eigenvalue weighted by Gasteiger charge is -2.08. The minimum atomic E-state index is -0.322. The Morgan fingerprint density at radius 2 is 2.17 bits per heavy atom. The zero-order valence-electron chi connectivity index (χ0n) is 10.7. The van der Waals surface area contributed by atoms with Crippen LogP contribution in [0.4, 0.5) is 4.39 Å². The molecule has 2 aromatic rings. The third kappa shape index (κ3) is 1.97.